The molecule has 0 amide bonds. The zero-order chi connectivity index (χ0) is 12.8. The van der Waals surface area contributed by atoms with E-state index in [-0.39, 0.29) is 6.10 Å². The van der Waals surface area contributed by atoms with Gasteiger partial charge in [-0.25, -0.2) is 0 Å². The van der Waals surface area contributed by atoms with Crippen molar-refractivity contribution in [2.75, 3.05) is 26.9 Å². The molecule has 1 heterocycles. The highest BCUT2D eigenvalue weighted by molar-refractivity contribution is 5.43. The minimum absolute atomic E-state index is 0.216. The van der Waals surface area contributed by atoms with Gasteiger partial charge in [-0.3, -0.25) is 0 Å². The second-order valence-electron chi connectivity index (χ2n) is 4.47. The molecule has 4 nitrogen and oxygen atoms in total. The van der Waals surface area contributed by atoms with Crippen molar-refractivity contribution in [3.63, 3.8) is 0 Å². The first-order chi connectivity index (χ1) is 8.83. The van der Waals surface area contributed by atoms with Crippen molar-refractivity contribution < 1.29 is 14.2 Å². The highest BCUT2D eigenvalue weighted by Gasteiger charge is 2.17. The van der Waals surface area contributed by atoms with E-state index in [1.54, 1.807) is 7.11 Å². The molecule has 1 atom stereocenters. The molecule has 1 aromatic rings. The van der Waals surface area contributed by atoms with Gasteiger partial charge in [-0.1, -0.05) is 6.07 Å². The van der Waals surface area contributed by atoms with Gasteiger partial charge in [0.05, 0.1) is 13.2 Å². The first-order valence-electron chi connectivity index (χ1n) is 6.45. The summed E-state index contributed by atoms with van der Waals surface area (Å²) in [5.41, 5.74) is 6.73. The monoisotopic (exact) mass is 251 g/mol. The molecule has 0 aromatic heterocycles. The standard InChI is InChI=1S/C14H21NO3/c1-16-13-5-4-11(6-7-15)9-14(13)18-10-12-3-2-8-17-12/h4-5,9,12H,2-3,6-8,10,15H2,1H3. The molecular formula is C14H21NO3. The Bertz CT molecular complexity index is 375. The van der Waals surface area contributed by atoms with Crippen LogP contribution in [0.15, 0.2) is 18.2 Å². The molecule has 0 saturated carbocycles. The minimum atomic E-state index is 0.216. The Morgan fingerprint density at radius 1 is 1.39 bits per heavy atom. The molecular weight excluding hydrogens is 230 g/mol. The fourth-order valence-corrected chi connectivity index (χ4v) is 2.11. The summed E-state index contributed by atoms with van der Waals surface area (Å²) in [6, 6.07) is 5.95. The fourth-order valence-electron chi connectivity index (χ4n) is 2.11. The fraction of sp³-hybridized carbons (Fsp3) is 0.571. The van der Waals surface area contributed by atoms with Crippen molar-refractivity contribution >= 4 is 0 Å². The lowest BCUT2D eigenvalue weighted by molar-refractivity contribution is 0.0669. The molecule has 0 radical (unpaired) electrons. The second kappa shape index (κ2) is 6.61. The van der Waals surface area contributed by atoms with E-state index in [2.05, 4.69) is 0 Å². The van der Waals surface area contributed by atoms with Crippen molar-refractivity contribution in [3.05, 3.63) is 23.8 Å². The van der Waals surface area contributed by atoms with Gasteiger partial charge in [0.2, 0.25) is 0 Å². The molecule has 1 aromatic carbocycles. The van der Waals surface area contributed by atoms with Crippen LogP contribution < -0.4 is 15.2 Å². The van der Waals surface area contributed by atoms with Crippen molar-refractivity contribution in [2.45, 2.75) is 25.4 Å². The molecule has 0 aliphatic carbocycles. The lowest BCUT2D eigenvalue weighted by Gasteiger charge is -2.15. The maximum atomic E-state index is 5.81. The van der Waals surface area contributed by atoms with Crippen LogP contribution in [0.25, 0.3) is 0 Å². The highest BCUT2D eigenvalue weighted by atomic mass is 16.5. The molecule has 18 heavy (non-hydrogen) atoms. The number of benzene rings is 1. The summed E-state index contributed by atoms with van der Waals surface area (Å²) >= 11 is 0. The largest absolute Gasteiger partial charge is 0.493 e. The number of rotatable bonds is 6. The van der Waals surface area contributed by atoms with Crippen LogP contribution in [0.4, 0.5) is 0 Å². The third kappa shape index (κ3) is 3.37. The SMILES string of the molecule is COc1ccc(CCN)cc1OCC1CCCO1. The molecule has 1 saturated heterocycles. The Morgan fingerprint density at radius 3 is 2.94 bits per heavy atom. The molecule has 4 heteroatoms. The number of methoxy groups -OCH3 is 1. The zero-order valence-corrected chi connectivity index (χ0v) is 10.9. The predicted molar refractivity (Wildman–Crippen MR) is 70.2 cm³/mol. The number of hydrogen-bond donors (Lipinski definition) is 1. The van der Waals surface area contributed by atoms with E-state index in [1.807, 2.05) is 18.2 Å². The van der Waals surface area contributed by atoms with Gasteiger partial charge in [-0.15, -0.1) is 0 Å². The average Bonchev–Trinajstić information content (AvgIpc) is 2.90. The quantitative estimate of drug-likeness (QED) is 0.837. The normalized spacial score (nSPS) is 18.9. The van der Waals surface area contributed by atoms with Crippen molar-refractivity contribution in [1.82, 2.24) is 0 Å². The molecule has 0 spiro atoms. The molecule has 100 valence electrons. The van der Waals surface area contributed by atoms with Gasteiger partial charge in [-0.2, -0.15) is 0 Å². The smallest absolute Gasteiger partial charge is 0.161 e. The minimum Gasteiger partial charge on any atom is -0.493 e. The third-order valence-electron chi connectivity index (χ3n) is 3.11. The van der Waals surface area contributed by atoms with Crippen molar-refractivity contribution in [2.24, 2.45) is 5.73 Å². The van der Waals surface area contributed by atoms with Gasteiger partial charge >= 0.3 is 0 Å². The van der Waals surface area contributed by atoms with Gasteiger partial charge in [-0.05, 0) is 43.5 Å². The van der Waals surface area contributed by atoms with E-state index in [0.717, 1.165) is 37.4 Å². The Balaban J connectivity index is 2.00. The lowest BCUT2D eigenvalue weighted by Crippen LogP contribution is -2.16. The maximum Gasteiger partial charge on any atom is 0.161 e. The molecule has 1 aliphatic rings. The molecule has 2 rings (SSSR count). The molecule has 1 unspecified atom stereocenters. The van der Waals surface area contributed by atoms with E-state index in [9.17, 15) is 0 Å². The summed E-state index contributed by atoms with van der Waals surface area (Å²) in [7, 11) is 1.65. The molecule has 2 N–H and O–H groups in total. The topological polar surface area (TPSA) is 53.7 Å². The Labute approximate surface area is 108 Å². The predicted octanol–water partition coefficient (Wildman–Crippen LogP) is 1.75. The van der Waals surface area contributed by atoms with E-state index < -0.39 is 0 Å². The number of nitrogens with two attached hydrogens (primary N) is 1. The molecule has 1 aliphatic heterocycles. The summed E-state index contributed by atoms with van der Waals surface area (Å²) in [5.74, 6) is 1.53. The zero-order valence-electron chi connectivity index (χ0n) is 10.9. The summed E-state index contributed by atoms with van der Waals surface area (Å²) < 4.78 is 16.6. The molecule has 1 fully saturated rings. The van der Waals surface area contributed by atoms with E-state index in [1.165, 1.54) is 5.56 Å². The first kappa shape index (κ1) is 13.2. The van der Waals surface area contributed by atoms with E-state index >= 15 is 0 Å². The van der Waals surface area contributed by atoms with Crippen LogP contribution in [-0.4, -0.2) is 33.0 Å². The number of hydrogen-bond acceptors (Lipinski definition) is 4. The first-order valence-corrected chi connectivity index (χ1v) is 6.45. The van der Waals surface area contributed by atoms with E-state index in [4.69, 9.17) is 19.9 Å². The van der Waals surface area contributed by atoms with Crippen LogP contribution in [0, 0.1) is 0 Å². The lowest BCUT2D eigenvalue weighted by atomic mass is 10.1. The van der Waals surface area contributed by atoms with Crippen molar-refractivity contribution in [3.8, 4) is 11.5 Å². The van der Waals surface area contributed by atoms with E-state index in [0.29, 0.717) is 13.2 Å². The van der Waals surface area contributed by atoms with Crippen LogP contribution in [0.2, 0.25) is 0 Å². The van der Waals surface area contributed by atoms with Crippen molar-refractivity contribution in [1.29, 1.82) is 0 Å². The highest BCUT2D eigenvalue weighted by Crippen LogP contribution is 2.29. The maximum absolute atomic E-state index is 5.81. The van der Waals surface area contributed by atoms with Crippen LogP contribution in [0.1, 0.15) is 18.4 Å². The van der Waals surface area contributed by atoms with Gasteiger partial charge in [0.1, 0.15) is 6.61 Å². The van der Waals surface area contributed by atoms with Gasteiger partial charge in [0.25, 0.3) is 0 Å². The van der Waals surface area contributed by atoms with Crippen LogP contribution >= 0.6 is 0 Å². The number of ether oxygens (including phenoxy) is 3. The second-order valence-corrected chi connectivity index (χ2v) is 4.47. The summed E-state index contributed by atoms with van der Waals surface area (Å²) in [6.07, 6.45) is 3.26. The Morgan fingerprint density at radius 2 is 2.28 bits per heavy atom. The van der Waals surface area contributed by atoms with Gasteiger partial charge < -0.3 is 19.9 Å². The van der Waals surface area contributed by atoms with Crippen LogP contribution in [0.3, 0.4) is 0 Å². The summed E-state index contributed by atoms with van der Waals surface area (Å²) in [6.45, 7) is 2.07. The van der Waals surface area contributed by atoms with Crippen LogP contribution in [0.5, 0.6) is 11.5 Å². The summed E-state index contributed by atoms with van der Waals surface area (Å²) in [4.78, 5) is 0. The van der Waals surface area contributed by atoms with Crippen LogP contribution in [-0.2, 0) is 11.2 Å². The molecule has 0 bridgehead atoms. The Kier molecular flexibility index (Phi) is 4.84. The van der Waals surface area contributed by atoms with Gasteiger partial charge in [0, 0.05) is 6.61 Å². The Hall–Kier alpha value is -1.26. The van der Waals surface area contributed by atoms with Gasteiger partial charge in [0.15, 0.2) is 11.5 Å². The third-order valence-corrected chi connectivity index (χ3v) is 3.11. The summed E-state index contributed by atoms with van der Waals surface area (Å²) in [5, 5.41) is 0. The average molecular weight is 251 g/mol.